The summed E-state index contributed by atoms with van der Waals surface area (Å²) in [7, 11) is 1.42. The Morgan fingerprint density at radius 3 is 2.53 bits per heavy atom. The van der Waals surface area contributed by atoms with E-state index in [1.165, 1.54) is 7.11 Å². The molecule has 4 nitrogen and oxygen atoms in total. The minimum atomic E-state index is -0.595. The maximum Gasteiger partial charge on any atom is 0.325 e. The highest BCUT2D eigenvalue weighted by Gasteiger charge is 2.32. The maximum absolute atomic E-state index is 11.7. The number of likely N-dealkylation sites (N-methyl/N-ethyl adjacent to an activating group) is 1. The van der Waals surface area contributed by atoms with Crippen LogP contribution in [0.4, 0.5) is 0 Å². The standard InChI is InChI=1S/C13H27NO3/c1-6-11(3)17-10-8-9-13(4,14-7-2)12(15)16-5/h11,14H,6-10H2,1-5H3. The van der Waals surface area contributed by atoms with Crippen molar-refractivity contribution in [2.45, 2.75) is 58.6 Å². The second-order valence-electron chi connectivity index (χ2n) is 4.55. The van der Waals surface area contributed by atoms with Crippen molar-refractivity contribution >= 4 is 5.97 Å². The van der Waals surface area contributed by atoms with Crippen LogP contribution in [-0.4, -0.2) is 37.9 Å². The van der Waals surface area contributed by atoms with E-state index < -0.39 is 5.54 Å². The number of carbonyl (C=O) groups excluding carboxylic acids is 1. The zero-order valence-electron chi connectivity index (χ0n) is 11.8. The minimum Gasteiger partial charge on any atom is -0.468 e. The van der Waals surface area contributed by atoms with Crippen LogP contribution in [0, 0.1) is 0 Å². The van der Waals surface area contributed by atoms with E-state index in [9.17, 15) is 4.79 Å². The summed E-state index contributed by atoms with van der Waals surface area (Å²) in [5.41, 5.74) is -0.595. The van der Waals surface area contributed by atoms with Gasteiger partial charge in [-0.1, -0.05) is 13.8 Å². The number of ether oxygens (including phenoxy) is 2. The molecule has 17 heavy (non-hydrogen) atoms. The van der Waals surface area contributed by atoms with Crippen LogP contribution in [0.3, 0.4) is 0 Å². The van der Waals surface area contributed by atoms with Crippen LogP contribution in [0.2, 0.25) is 0 Å². The molecular weight excluding hydrogens is 218 g/mol. The number of hydrogen-bond donors (Lipinski definition) is 1. The van der Waals surface area contributed by atoms with Gasteiger partial charge in [0.15, 0.2) is 0 Å². The van der Waals surface area contributed by atoms with Crippen LogP contribution < -0.4 is 5.32 Å². The Kier molecular flexibility index (Phi) is 8.17. The molecule has 4 heteroatoms. The van der Waals surface area contributed by atoms with E-state index in [-0.39, 0.29) is 5.97 Å². The molecule has 0 rings (SSSR count). The van der Waals surface area contributed by atoms with E-state index in [4.69, 9.17) is 9.47 Å². The first-order valence-electron chi connectivity index (χ1n) is 6.45. The molecule has 0 aromatic rings. The largest absolute Gasteiger partial charge is 0.468 e. The second kappa shape index (κ2) is 8.48. The number of rotatable bonds is 9. The van der Waals surface area contributed by atoms with Gasteiger partial charge < -0.3 is 14.8 Å². The van der Waals surface area contributed by atoms with E-state index in [0.29, 0.717) is 12.7 Å². The number of hydrogen-bond acceptors (Lipinski definition) is 4. The number of esters is 1. The summed E-state index contributed by atoms with van der Waals surface area (Å²) in [6.45, 7) is 9.46. The van der Waals surface area contributed by atoms with Crippen LogP contribution in [-0.2, 0) is 14.3 Å². The summed E-state index contributed by atoms with van der Waals surface area (Å²) in [6.07, 6.45) is 2.88. The van der Waals surface area contributed by atoms with Crippen LogP contribution >= 0.6 is 0 Å². The maximum atomic E-state index is 11.7. The predicted octanol–water partition coefficient (Wildman–Crippen LogP) is 2.12. The second-order valence-corrected chi connectivity index (χ2v) is 4.55. The first-order chi connectivity index (χ1) is 8.00. The van der Waals surface area contributed by atoms with Gasteiger partial charge in [-0.2, -0.15) is 0 Å². The van der Waals surface area contributed by atoms with E-state index in [1.807, 2.05) is 13.8 Å². The van der Waals surface area contributed by atoms with Gasteiger partial charge in [-0.05, 0) is 39.7 Å². The molecule has 2 atom stereocenters. The molecule has 0 heterocycles. The summed E-state index contributed by atoms with van der Waals surface area (Å²) < 4.78 is 10.4. The zero-order valence-corrected chi connectivity index (χ0v) is 11.8. The average Bonchev–Trinajstić information content (AvgIpc) is 2.33. The number of methoxy groups -OCH3 is 1. The smallest absolute Gasteiger partial charge is 0.325 e. The fourth-order valence-electron chi connectivity index (χ4n) is 1.71. The van der Waals surface area contributed by atoms with Crippen molar-refractivity contribution in [2.75, 3.05) is 20.3 Å². The highest BCUT2D eigenvalue weighted by molar-refractivity contribution is 5.80. The summed E-state index contributed by atoms with van der Waals surface area (Å²) in [6, 6.07) is 0. The van der Waals surface area contributed by atoms with E-state index in [2.05, 4.69) is 19.2 Å². The molecule has 0 radical (unpaired) electrons. The quantitative estimate of drug-likeness (QED) is 0.499. The topological polar surface area (TPSA) is 47.6 Å². The van der Waals surface area contributed by atoms with Crippen LogP contribution in [0.15, 0.2) is 0 Å². The summed E-state index contributed by atoms with van der Waals surface area (Å²) in [4.78, 5) is 11.7. The van der Waals surface area contributed by atoms with Gasteiger partial charge >= 0.3 is 5.97 Å². The molecule has 2 unspecified atom stereocenters. The SMILES string of the molecule is CCNC(C)(CCCOC(C)CC)C(=O)OC. The summed E-state index contributed by atoms with van der Waals surface area (Å²) >= 11 is 0. The lowest BCUT2D eigenvalue weighted by Gasteiger charge is -2.27. The van der Waals surface area contributed by atoms with Crippen LogP contribution in [0.25, 0.3) is 0 Å². The van der Waals surface area contributed by atoms with Crippen LogP contribution in [0.1, 0.15) is 47.0 Å². The highest BCUT2D eigenvalue weighted by atomic mass is 16.5. The Morgan fingerprint density at radius 1 is 1.41 bits per heavy atom. The van der Waals surface area contributed by atoms with Gasteiger partial charge in [0.1, 0.15) is 5.54 Å². The molecule has 102 valence electrons. The third-order valence-corrected chi connectivity index (χ3v) is 3.00. The Labute approximate surface area is 105 Å². The van der Waals surface area contributed by atoms with Crippen molar-refractivity contribution in [1.29, 1.82) is 0 Å². The number of nitrogens with one attached hydrogen (secondary N) is 1. The van der Waals surface area contributed by atoms with E-state index in [0.717, 1.165) is 25.8 Å². The van der Waals surface area contributed by atoms with Crippen molar-refractivity contribution in [3.63, 3.8) is 0 Å². The van der Waals surface area contributed by atoms with Gasteiger partial charge in [0, 0.05) is 6.61 Å². The van der Waals surface area contributed by atoms with Gasteiger partial charge in [0.05, 0.1) is 13.2 Å². The van der Waals surface area contributed by atoms with Gasteiger partial charge in [-0.3, -0.25) is 4.79 Å². The van der Waals surface area contributed by atoms with Crippen molar-refractivity contribution < 1.29 is 14.3 Å². The molecule has 0 saturated heterocycles. The molecular formula is C13H27NO3. The molecule has 0 aromatic carbocycles. The lowest BCUT2D eigenvalue weighted by atomic mass is 9.96. The molecule has 0 fully saturated rings. The Bertz CT molecular complexity index is 221. The van der Waals surface area contributed by atoms with E-state index >= 15 is 0 Å². The fourth-order valence-corrected chi connectivity index (χ4v) is 1.71. The fraction of sp³-hybridized carbons (Fsp3) is 0.923. The predicted molar refractivity (Wildman–Crippen MR) is 69.0 cm³/mol. The third kappa shape index (κ3) is 6.03. The minimum absolute atomic E-state index is 0.206. The Morgan fingerprint density at radius 2 is 2.06 bits per heavy atom. The van der Waals surface area contributed by atoms with Gasteiger partial charge in [0.25, 0.3) is 0 Å². The molecule has 0 aliphatic heterocycles. The molecule has 0 aliphatic rings. The van der Waals surface area contributed by atoms with Crippen molar-refractivity contribution in [3.05, 3.63) is 0 Å². The van der Waals surface area contributed by atoms with Gasteiger partial charge in [-0.15, -0.1) is 0 Å². The Balaban J connectivity index is 4.05. The normalized spacial score (nSPS) is 16.3. The molecule has 0 saturated carbocycles. The highest BCUT2D eigenvalue weighted by Crippen LogP contribution is 2.14. The summed E-state index contributed by atoms with van der Waals surface area (Å²) in [5.74, 6) is -0.206. The first kappa shape index (κ1) is 16.4. The molecule has 1 N–H and O–H groups in total. The summed E-state index contributed by atoms with van der Waals surface area (Å²) in [5, 5.41) is 3.18. The number of carbonyl (C=O) groups is 1. The zero-order chi connectivity index (χ0) is 13.3. The Hall–Kier alpha value is -0.610. The average molecular weight is 245 g/mol. The van der Waals surface area contributed by atoms with Gasteiger partial charge in [-0.25, -0.2) is 0 Å². The van der Waals surface area contributed by atoms with Crippen molar-refractivity contribution in [1.82, 2.24) is 5.32 Å². The van der Waals surface area contributed by atoms with Crippen molar-refractivity contribution in [3.8, 4) is 0 Å². The third-order valence-electron chi connectivity index (χ3n) is 3.00. The lowest BCUT2D eigenvalue weighted by molar-refractivity contribution is -0.148. The molecule has 0 bridgehead atoms. The van der Waals surface area contributed by atoms with Crippen molar-refractivity contribution in [2.24, 2.45) is 0 Å². The first-order valence-corrected chi connectivity index (χ1v) is 6.45. The molecule has 0 amide bonds. The lowest BCUT2D eigenvalue weighted by Crippen LogP contribution is -2.50. The molecule has 0 aromatic heterocycles. The monoisotopic (exact) mass is 245 g/mol. The van der Waals surface area contributed by atoms with E-state index in [1.54, 1.807) is 0 Å². The van der Waals surface area contributed by atoms with Gasteiger partial charge in [0.2, 0.25) is 0 Å². The van der Waals surface area contributed by atoms with Crippen LogP contribution in [0.5, 0.6) is 0 Å². The molecule has 0 aliphatic carbocycles. The molecule has 0 spiro atoms.